The second kappa shape index (κ2) is 8.03. The Hall–Kier alpha value is -2.40. The number of hydrogen-bond donors (Lipinski definition) is 1. The molecular weight excluding hydrogens is 378 g/mol. The molecule has 1 saturated heterocycles. The van der Waals surface area contributed by atoms with E-state index in [9.17, 15) is 9.59 Å². The van der Waals surface area contributed by atoms with Gasteiger partial charge in [0.2, 0.25) is 0 Å². The highest BCUT2D eigenvalue weighted by atomic mass is 16.6. The minimum absolute atomic E-state index is 0.0317. The number of Topliss-reactive ketones (excluding diaryl/α,β-unsaturated/α-hetero) is 1. The van der Waals surface area contributed by atoms with Gasteiger partial charge in [0.25, 0.3) is 0 Å². The van der Waals surface area contributed by atoms with Gasteiger partial charge >= 0.3 is 5.97 Å². The Kier molecular flexibility index (Phi) is 5.58. The summed E-state index contributed by atoms with van der Waals surface area (Å²) in [6, 6.07) is 8.07. The summed E-state index contributed by atoms with van der Waals surface area (Å²) in [5, 5.41) is 3.38. The van der Waals surface area contributed by atoms with Gasteiger partial charge < -0.3 is 14.8 Å². The number of ketones is 1. The fourth-order valence-electron chi connectivity index (χ4n) is 4.91. The van der Waals surface area contributed by atoms with Crippen LogP contribution in [0.3, 0.4) is 0 Å². The lowest BCUT2D eigenvalue weighted by atomic mass is 9.68. The summed E-state index contributed by atoms with van der Waals surface area (Å²) < 4.78 is 11.3. The van der Waals surface area contributed by atoms with E-state index < -0.39 is 5.92 Å². The maximum Gasteiger partial charge on any atom is 0.336 e. The summed E-state index contributed by atoms with van der Waals surface area (Å²) in [6.45, 7) is 9.13. The van der Waals surface area contributed by atoms with Crippen LogP contribution in [0, 0.1) is 12.3 Å². The van der Waals surface area contributed by atoms with Gasteiger partial charge in [-0.1, -0.05) is 43.7 Å². The van der Waals surface area contributed by atoms with E-state index in [1.54, 1.807) is 0 Å². The molecule has 0 bridgehead atoms. The Balaban J connectivity index is 1.72. The van der Waals surface area contributed by atoms with E-state index >= 15 is 0 Å². The molecule has 0 aromatic heterocycles. The predicted molar refractivity (Wildman–Crippen MR) is 115 cm³/mol. The number of nitrogens with one attached hydrogen (secondary N) is 1. The van der Waals surface area contributed by atoms with E-state index in [0.717, 1.165) is 54.0 Å². The van der Waals surface area contributed by atoms with Gasteiger partial charge in [-0.15, -0.1) is 0 Å². The van der Waals surface area contributed by atoms with E-state index in [1.165, 1.54) is 0 Å². The van der Waals surface area contributed by atoms with Crippen LogP contribution in [-0.4, -0.2) is 31.1 Å². The molecule has 30 heavy (non-hydrogen) atoms. The number of rotatable bonds is 4. The van der Waals surface area contributed by atoms with Crippen molar-refractivity contribution >= 4 is 11.8 Å². The third-order valence-corrected chi connectivity index (χ3v) is 6.26. The van der Waals surface area contributed by atoms with Gasteiger partial charge in [0, 0.05) is 35.9 Å². The van der Waals surface area contributed by atoms with Crippen molar-refractivity contribution in [1.82, 2.24) is 5.32 Å². The Morgan fingerprint density at radius 1 is 1.27 bits per heavy atom. The molecule has 4 rings (SSSR count). The van der Waals surface area contributed by atoms with Crippen molar-refractivity contribution in [1.29, 1.82) is 0 Å². The molecule has 2 atom stereocenters. The molecule has 5 nitrogen and oxygen atoms in total. The van der Waals surface area contributed by atoms with Gasteiger partial charge in [0.05, 0.1) is 11.7 Å². The van der Waals surface area contributed by atoms with Gasteiger partial charge in [0.1, 0.15) is 6.61 Å². The summed E-state index contributed by atoms with van der Waals surface area (Å²) in [5.74, 6) is -0.662. The first-order valence-electron chi connectivity index (χ1n) is 10.8. The lowest BCUT2D eigenvalue weighted by Gasteiger charge is -2.39. The third kappa shape index (κ3) is 4.08. The summed E-state index contributed by atoms with van der Waals surface area (Å²) in [7, 11) is 0. The van der Waals surface area contributed by atoms with Crippen molar-refractivity contribution in [2.24, 2.45) is 5.41 Å². The number of esters is 1. The Morgan fingerprint density at radius 2 is 2.07 bits per heavy atom. The first-order chi connectivity index (χ1) is 14.2. The molecule has 3 aliphatic rings. The molecule has 1 N–H and O–H groups in total. The first-order valence-corrected chi connectivity index (χ1v) is 10.8. The summed E-state index contributed by atoms with van der Waals surface area (Å²) >= 11 is 0. The Morgan fingerprint density at radius 3 is 2.77 bits per heavy atom. The predicted octanol–water partition coefficient (Wildman–Crippen LogP) is 4.32. The minimum atomic E-state index is -0.401. The second-order valence-corrected chi connectivity index (χ2v) is 9.58. The number of allylic oxidation sites excluding steroid dienone is 3. The van der Waals surface area contributed by atoms with Crippen molar-refractivity contribution in [2.75, 3.05) is 13.2 Å². The van der Waals surface area contributed by atoms with E-state index in [4.69, 9.17) is 9.47 Å². The third-order valence-electron chi connectivity index (χ3n) is 6.26. The Labute approximate surface area is 178 Å². The van der Waals surface area contributed by atoms with Crippen LogP contribution in [0.2, 0.25) is 0 Å². The van der Waals surface area contributed by atoms with Crippen LogP contribution in [0.4, 0.5) is 0 Å². The molecule has 1 aromatic carbocycles. The average Bonchev–Trinajstić information content (AvgIpc) is 3.17. The van der Waals surface area contributed by atoms with Crippen LogP contribution < -0.4 is 5.32 Å². The number of ether oxygens (including phenoxy) is 2. The Bertz CT molecular complexity index is 934. The number of hydrogen-bond acceptors (Lipinski definition) is 5. The van der Waals surface area contributed by atoms with Crippen LogP contribution in [0.5, 0.6) is 0 Å². The van der Waals surface area contributed by atoms with Crippen LogP contribution in [-0.2, 0) is 19.1 Å². The molecular formula is C25H31NO4. The highest BCUT2D eigenvalue weighted by Gasteiger charge is 2.43. The zero-order valence-corrected chi connectivity index (χ0v) is 18.3. The number of aryl methyl sites for hydroxylation is 1. The summed E-state index contributed by atoms with van der Waals surface area (Å²) in [5.41, 5.74) is 4.92. The molecule has 0 radical (unpaired) electrons. The fraction of sp³-hybridized carbons (Fsp3) is 0.520. The standard InChI is InChI=1S/C25H31NO4/c1-15-7-5-8-17(11-15)22-21(24(28)30-14-18-9-6-10-29-18)16(2)26-19-12-25(3,4)13-20(27)23(19)22/h5,7-8,11,18,22,26H,6,9-10,12-14H2,1-4H3. The maximum absolute atomic E-state index is 13.3. The molecule has 0 spiro atoms. The molecule has 0 amide bonds. The second-order valence-electron chi connectivity index (χ2n) is 9.58. The molecule has 5 heteroatoms. The molecule has 2 unspecified atom stereocenters. The van der Waals surface area contributed by atoms with Crippen molar-refractivity contribution in [3.8, 4) is 0 Å². The molecule has 1 aromatic rings. The van der Waals surface area contributed by atoms with E-state index in [-0.39, 0.29) is 29.9 Å². The largest absolute Gasteiger partial charge is 0.459 e. The highest BCUT2D eigenvalue weighted by molar-refractivity contribution is 6.04. The van der Waals surface area contributed by atoms with Gasteiger partial charge in [-0.05, 0) is 44.1 Å². The zero-order chi connectivity index (χ0) is 21.5. The summed E-state index contributed by atoms with van der Waals surface area (Å²) in [4.78, 5) is 26.5. The summed E-state index contributed by atoms with van der Waals surface area (Å²) in [6.07, 6.45) is 3.14. The average molecular weight is 410 g/mol. The van der Waals surface area contributed by atoms with Crippen molar-refractivity contribution in [2.45, 2.75) is 65.4 Å². The number of benzene rings is 1. The van der Waals surface area contributed by atoms with Crippen LogP contribution in [0.25, 0.3) is 0 Å². The molecule has 2 aliphatic heterocycles. The normalized spacial score (nSPS) is 25.8. The molecule has 160 valence electrons. The van der Waals surface area contributed by atoms with Crippen LogP contribution in [0.1, 0.15) is 63.5 Å². The monoisotopic (exact) mass is 409 g/mol. The minimum Gasteiger partial charge on any atom is -0.459 e. The van der Waals surface area contributed by atoms with Gasteiger partial charge in [-0.3, -0.25) is 4.79 Å². The van der Waals surface area contributed by atoms with Gasteiger partial charge in [-0.2, -0.15) is 0 Å². The van der Waals surface area contributed by atoms with Crippen LogP contribution >= 0.6 is 0 Å². The lowest BCUT2D eigenvalue weighted by molar-refractivity contribution is -0.142. The van der Waals surface area contributed by atoms with E-state index in [1.807, 2.05) is 32.0 Å². The van der Waals surface area contributed by atoms with E-state index in [2.05, 4.69) is 25.2 Å². The van der Waals surface area contributed by atoms with Gasteiger partial charge in [-0.25, -0.2) is 4.79 Å². The SMILES string of the molecule is CC1=C(C(=O)OCC2CCCO2)C(c2cccc(C)c2)C2=C(CC(C)(C)CC2=O)N1. The maximum atomic E-state index is 13.3. The topological polar surface area (TPSA) is 64.6 Å². The zero-order valence-electron chi connectivity index (χ0n) is 18.3. The lowest BCUT2D eigenvalue weighted by Crippen LogP contribution is -2.39. The van der Waals surface area contributed by atoms with Gasteiger partial charge in [0.15, 0.2) is 5.78 Å². The number of carbonyl (C=O) groups excluding carboxylic acids is 2. The quantitative estimate of drug-likeness (QED) is 0.750. The number of carbonyl (C=O) groups is 2. The highest BCUT2D eigenvalue weighted by Crippen LogP contribution is 2.46. The molecule has 2 heterocycles. The number of dihydropyridines is 1. The smallest absolute Gasteiger partial charge is 0.336 e. The van der Waals surface area contributed by atoms with E-state index in [0.29, 0.717) is 12.0 Å². The molecule has 1 aliphatic carbocycles. The van der Waals surface area contributed by atoms with Crippen molar-refractivity contribution < 1.29 is 19.1 Å². The van der Waals surface area contributed by atoms with Crippen molar-refractivity contribution in [3.05, 3.63) is 57.9 Å². The molecule has 0 saturated carbocycles. The fourth-order valence-corrected chi connectivity index (χ4v) is 4.91. The van der Waals surface area contributed by atoms with Crippen LogP contribution in [0.15, 0.2) is 46.8 Å². The first kappa shape index (κ1) is 20.9. The molecule has 1 fully saturated rings. The van der Waals surface area contributed by atoms with Crippen molar-refractivity contribution in [3.63, 3.8) is 0 Å².